The fraction of sp³-hybridized carbons (Fsp3) is 0.381. The van der Waals surface area contributed by atoms with Crippen LogP contribution < -0.4 is 10.6 Å². The molecule has 5 nitrogen and oxygen atoms in total. The third-order valence-corrected chi connectivity index (χ3v) is 5.21. The van der Waals surface area contributed by atoms with E-state index in [-0.39, 0.29) is 12.1 Å². The van der Waals surface area contributed by atoms with E-state index in [9.17, 15) is 4.79 Å². The summed E-state index contributed by atoms with van der Waals surface area (Å²) >= 11 is 5.98. The maximum atomic E-state index is 12.4. The molecule has 1 saturated heterocycles. The maximum Gasteiger partial charge on any atom is 0.319 e. The summed E-state index contributed by atoms with van der Waals surface area (Å²) in [5, 5.41) is 6.47. The highest BCUT2D eigenvalue weighted by Gasteiger charge is 2.24. The number of urea groups is 1. The summed E-state index contributed by atoms with van der Waals surface area (Å²) in [5.41, 5.74) is 3.15. The number of benzene rings is 2. The molecule has 1 heterocycles. The minimum absolute atomic E-state index is 0.157. The van der Waals surface area contributed by atoms with E-state index in [2.05, 4.69) is 58.7 Å². The van der Waals surface area contributed by atoms with Gasteiger partial charge in [-0.3, -0.25) is 4.90 Å². The third kappa shape index (κ3) is 5.70. The molecular weight excluding hydrogens is 360 g/mol. The Balaban J connectivity index is 1.65. The summed E-state index contributed by atoms with van der Waals surface area (Å²) in [7, 11) is 2.15. The van der Waals surface area contributed by atoms with Crippen molar-refractivity contribution in [1.29, 1.82) is 0 Å². The van der Waals surface area contributed by atoms with Gasteiger partial charge in [0.05, 0.1) is 6.04 Å². The van der Waals surface area contributed by atoms with Crippen molar-refractivity contribution in [3.63, 3.8) is 0 Å². The number of likely N-dealkylation sites (N-methyl/N-ethyl adjacent to an activating group) is 1. The van der Waals surface area contributed by atoms with Gasteiger partial charge in [0.15, 0.2) is 0 Å². The topological polar surface area (TPSA) is 47.6 Å². The van der Waals surface area contributed by atoms with E-state index >= 15 is 0 Å². The summed E-state index contributed by atoms with van der Waals surface area (Å²) in [6.07, 6.45) is 0. The molecule has 0 bridgehead atoms. The zero-order chi connectivity index (χ0) is 19.2. The largest absolute Gasteiger partial charge is 0.336 e. The van der Waals surface area contributed by atoms with E-state index in [0.29, 0.717) is 17.3 Å². The number of anilines is 1. The standard InChI is InChI=1S/C21H27ClN4O/c1-16-6-8-17(9-7-16)20(26-12-10-25(2)11-13-26)15-23-21(27)24-19-5-3-4-18(22)14-19/h3-9,14,20H,10-13,15H2,1-2H3,(H2,23,24,27). The second kappa shape index (κ2) is 9.22. The van der Waals surface area contributed by atoms with E-state index < -0.39 is 0 Å². The summed E-state index contributed by atoms with van der Waals surface area (Å²) < 4.78 is 0. The first-order valence-electron chi connectivity index (χ1n) is 9.31. The molecule has 2 aromatic carbocycles. The molecule has 0 radical (unpaired) electrons. The monoisotopic (exact) mass is 386 g/mol. The van der Waals surface area contributed by atoms with Gasteiger partial charge in [0.1, 0.15) is 0 Å². The number of amides is 2. The summed E-state index contributed by atoms with van der Waals surface area (Å²) in [4.78, 5) is 17.1. The second-order valence-corrected chi connectivity index (χ2v) is 7.55. The van der Waals surface area contributed by atoms with Crippen LogP contribution in [0.5, 0.6) is 0 Å². The maximum absolute atomic E-state index is 12.4. The number of hydrogen-bond acceptors (Lipinski definition) is 3. The van der Waals surface area contributed by atoms with Gasteiger partial charge < -0.3 is 15.5 Å². The molecule has 0 aliphatic carbocycles. The molecule has 2 N–H and O–H groups in total. The molecule has 2 aromatic rings. The first-order valence-corrected chi connectivity index (χ1v) is 9.68. The molecule has 1 aliphatic heterocycles. The number of rotatable bonds is 5. The number of hydrogen-bond donors (Lipinski definition) is 2. The highest BCUT2D eigenvalue weighted by Crippen LogP contribution is 2.22. The van der Waals surface area contributed by atoms with Crippen molar-refractivity contribution in [3.05, 3.63) is 64.7 Å². The predicted molar refractivity (Wildman–Crippen MR) is 111 cm³/mol. The van der Waals surface area contributed by atoms with Crippen LogP contribution in [0, 0.1) is 6.92 Å². The highest BCUT2D eigenvalue weighted by atomic mass is 35.5. The third-order valence-electron chi connectivity index (χ3n) is 4.98. The lowest BCUT2D eigenvalue weighted by atomic mass is 10.0. The van der Waals surface area contributed by atoms with Gasteiger partial charge in [-0.05, 0) is 37.7 Å². The number of aryl methyl sites for hydroxylation is 1. The SMILES string of the molecule is Cc1ccc(C(CNC(=O)Nc2cccc(Cl)c2)N2CCN(C)CC2)cc1. The van der Waals surface area contributed by atoms with E-state index in [4.69, 9.17) is 11.6 Å². The Morgan fingerprint density at radius 3 is 2.48 bits per heavy atom. The predicted octanol–water partition coefficient (Wildman–Crippen LogP) is 3.76. The number of halogens is 1. The van der Waals surface area contributed by atoms with Gasteiger partial charge in [-0.2, -0.15) is 0 Å². The number of nitrogens with one attached hydrogen (secondary N) is 2. The van der Waals surface area contributed by atoms with Gasteiger partial charge in [0.25, 0.3) is 0 Å². The molecule has 1 fully saturated rings. The summed E-state index contributed by atoms with van der Waals surface area (Å²) in [6, 6.07) is 15.7. The normalized spacial score (nSPS) is 16.7. The molecule has 27 heavy (non-hydrogen) atoms. The van der Waals surface area contributed by atoms with Gasteiger partial charge in [-0.1, -0.05) is 47.5 Å². The second-order valence-electron chi connectivity index (χ2n) is 7.11. The lowest BCUT2D eigenvalue weighted by Crippen LogP contribution is -2.48. The Bertz CT molecular complexity index is 757. The Kier molecular flexibility index (Phi) is 6.72. The zero-order valence-electron chi connectivity index (χ0n) is 15.9. The number of nitrogens with zero attached hydrogens (tertiary/aromatic N) is 2. The van der Waals surface area contributed by atoms with Crippen LogP contribution in [0.1, 0.15) is 17.2 Å². The first-order chi connectivity index (χ1) is 13.0. The molecule has 1 atom stereocenters. The molecule has 6 heteroatoms. The first kappa shape index (κ1) is 19.7. The Hall–Kier alpha value is -2.08. The van der Waals surface area contributed by atoms with Crippen LogP contribution in [0.3, 0.4) is 0 Å². The van der Waals surface area contributed by atoms with Crippen LogP contribution in [-0.4, -0.2) is 55.6 Å². The molecule has 1 unspecified atom stereocenters. The lowest BCUT2D eigenvalue weighted by molar-refractivity contribution is 0.111. The quantitative estimate of drug-likeness (QED) is 0.822. The van der Waals surface area contributed by atoms with Crippen molar-refractivity contribution < 1.29 is 4.79 Å². The van der Waals surface area contributed by atoms with Crippen molar-refractivity contribution in [2.24, 2.45) is 0 Å². The Morgan fingerprint density at radius 2 is 1.81 bits per heavy atom. The van der Waals surface area contributed by atoms with Gasteiger partial charge in [0.2, 0.25) is 0 Å². The zero-order valence-corrected chi connectivity index (χ0v) is 16.7. The van der Waals surface area contributed by atoms with Crippen LogP contribution in [0.15, 0.2) is 48.5 Å². The molecule has 2 amide bonds. The summed E-state index contributed by atoms with van der Waals surface area (Å²) in [5.74, 6) is 0. The number of carbonyl (C=O) groups excluding carboxylic acids is 1. The van der Waals surface area contributed by atoms with Crippen molar-refractivity contribution in [2.75, 3.05) is 45.1 Å². The minimum Gasteiger partial charge on any atom is -0.336 e. The minimum atomic E-state index is -0.219. The van der Waals surface area contributed by atoms with Crippen molar-refractivity contribution >= 4 is 23.3 Å². The average molecular weight is 387 g/mol. The molecule has 1 aliphatic rings. The van der Waals surface area contributed by atoms with Crippen LogP contribution in [-0.2, 0) is 0 Å². The van der Waals surface area contributed by atoms with Crippen molar-refractivity contribution in [3.8, 4) is 0 Å². The Morgan fingerprint density at radius 1 is 1.11 bits per heavy atom. The molecule has 0 saturated carbocycles. The van der Waals surface area contributed by atoms with E-state index in [1.165, 1.54) is 11.1 Å². The molecular formula is C21H27ClN4O. The van der Waals surface area contributed by atoms with E-state index in [1.54, 1.807) is 12.1 Å². The van der Waals surface area contributed by atoms with Crippen LogP contribution in [0.4, 0.5) is 10.5 Å². The van der Waals surface area contributed by atoms with Gasteiger partial charge >= 0.3 is 6.03 Å². The highest BCUT2D eigenvalue weighted by molar-refractivity contribution is 6.30. The van der Waals surface area contributed by atoms with Crippen LogP contribution in [0.25, 0.3) is 0 Å². The van der Waals surface area contributed by atoms with E-state index in [1.807, 2.05) is 12.1 Å². The molecule has 0 aromatic heterocycles. The molecule has 3 rings (SSSR count). The van der Waals surface area contributed by atoms with Gasteiger partial charge in [0, 0.05) is 43.4 Å². The van der Waals surface area contributed by atoms with Gasteiger partial charge in [-0.15, -0.1) is 0 Å². The van der Waals surface area contributed by atoms with Crippen LogP contribution >= 0.6 is 11.6 Å². The fourth-order valence-corrected chi connectivity index (χ4v) is 3.50. The smallest absolute Gasteiger partial charge is 0.319 e. The molecule has 144 valence electrons. The fourth-order valence-electron chi connectivity index (χ4n) is 3.31. The number of piperazine rings is 1. The molecule has 0 spiro atoms. The number of carbonyl (C=O) groups is 1. The lowest BCUT2D eigenvalue weighted by Gasteiger charge is -2.38. The van der Waals surface area contributed by atoms with Crippen molar-refractivity contribution in [1.82, 2.24) is 15.1 Å². The van der Waals surface area contributed by atoms with Crippen LogP contribution in [0.2, 0.25) is 5.02 Å². The van der Waals surface area contributed by atoms with Crippen molar-refractivity contribution in [2.45, 2.75) is 13.0 Å². The van der Waals surface area contributed by atoms with Gasteiger partial charge in [-0.25, -0.2) is 4.79 Å². The summed E-state index contributed by atoms with van der Waals surface area (Å²) in [6.45, 7) is 6.71. The Labute approximate surface area is 166 Å². The van der Waals surface area contributed by atoms with E-state index in [0.717, 1.165) is 26.2 Å². The average Bonchev–Trinajstić information content (AvgIpc) is 2.64.